The van der Waals surface area contributed by atoms with Gasteiger partial charge in [-0.2, -0.15) is 17.6 Å². The maximum absolute atomic E-state index is 12.7. The Kier molecular flexibility index (Phi) is 8.24. The second kappa shape index (κ2) is 10.9. The summed E-state index contributed by atoms with van der Waals surface area (Å²) in [5.41, 5.74) is -0.207. The van der Waals surface area contributed by atoms with Crippen LogP contribution in [-0.4, -0.2) is 39.3 Å². The van der Waals surface area contributed by atoms with Crippen molar-refractivity contribution in [3.8, 4) is 17.2 Å². The molecular weight excluding hydrogens is 426 g/mol. The summed E-state index contributed by atoms with van der Waals surface area (Å²) in [7, 11) is 2.26. The van der Waals surface area contributed by atoms with Gasteiger partial charge in [-0.25, -0.2) is 4.79 Å². The third kappa shape index (κ3) is 6.63. The molecule has 2 aromatic carbocycles. The molecule has 7 nitrogen and oxygen atoms in total. The molecule has 2 rings (SSSR count). The third-order valence-electron chi connectivity index (χ3n) is 3.73. The number of benzene rings is 2. The summed E-state index contributed by atoms with van der Waals surface area (Å²) in [6.45, 7) is -6.24. The number of carbonyl (C=O) groups is 2. The normalized spacial score (nSPS) is 11.0. The van der Waals surface area contributed by atoms with Gasteiger partial charge in [0.25, 0.3) is 0 Å². The summed E-state index contributed by atoms with van der Waals surface area (Å²) in [5, 5.41) is 2.33. The van der Waals surface area contributed by atoms with Crippen molar-refractivity contribution in [1.29, 1.82) is 0 Å². The van der Waals surface area contributed by atoms with Crippen LogP contribution in [0.25, 0.3) is 6.08 Å². The van der Waals surface area contributed by atoms with E-state index in [0.29, 0.717) is 0 Å². The van der Waals surface area contributed by atoms with Crippen molar-refractivity contribution >= 4 is 23.6 Å². The zero-order valence-electron chi connectivity index (χ0n) is 16.2. The molecule has 0 unspecified atom stereocenters. The number of rotatable bonds is 9. The van der Waals surface area contributed by atoms with Crippen molar-refractivity contribution in [2.24, 2.45) is 0 Å². The maximum Gasteiger partial charge on any atom is 0.387 e. The van der Waals surface area contributed by atoms with Gasteiger partial charge >= 0.3 is 19.2 Å². The number of anilines is 1. The number of amides is 1. The van der Waals surface area contributed by atoms with Crippen molar-refractivity contribution < 1.29 is 46.1 Å². The van der Waals surface area contributed by atoms with Crippen LogP contribution in [0.2, 0.25) is 0 Å². The molecular formula is C20H17F4NO6. The van der Waals surface area contributed by atoms with Crippen LogP contribution >= 0.6 is 0 Å². The first kappa shape index (κ1) is 23.5. The Hall–Kier alpha value is -3.76. The summed E-state index contributed by atoms with van der Waals surface area (Å²) in [6.07, 6.45) is 2.18. The number of alkyl halides is 4. The van der Waals surface area contributed by atoms with Crippen LogP contribution in [0.4, 0.5) is 23.2 Å². The van der Waals surface area contributed by atoms with Gasteiger partial charge in [-0.05, 0) is 12.1 Å². The first-order chi connectivity index (χ1) is 14.7. The predicted molar refractivity (Wildman–Crippen MR) is 102 cm³/mol. The van der Waals surface area contributed by atoms with Gasteiger partial charge in [0.15, 0.2) is 11.5 Å². The average molecular weight is 443 g/mol. The van der Waals surface area contributed by atoms with Gasteiger partial charge in [0, 0.05) is 23.8 Å². The molecule has 0 spiro atoms. The summed E-state index contributed by atoms with van der Waals surface area (Å²) >= 11 is 0. The molecule has 0 saturated carbocycles. The minimum atomic E-state index is -3.19. The van der Waals surface area contributed by atoms with Crippen LogP contribution in [0.15, 0.2) is 42.5 Å². The molecule has 2 aromatic rings. The molecule has 0 radical (unpaired) electrons. The van der Waals surface area contributed by atoms with E-state index in [4.69, 9.17) is 4.74 Å². The number of ether oxygens (including phenoxy) is 4. The highest BCUT2D eigenvalue weighted by Gasteiger charge is 2.20. The number of hydrogen-bond acceptors (Lipinski definition) is 6. The second-order valence-electron chi connectivity index (χ2n) is 5.66. The number of para-hydroxylation sites is 1. The third-order valence-corrected chi connectivity index (χ3v) is 3.73. The van der Waals surface area contributed by atoms with Crippen molar-refractivity contribution in [2.45, 2.75) is 13.2 Å². The smallest absolute Gasteiger partial charge is 0.387 e. The van der Waals surface area contributed by atoms with Crippen LogP contribution in [0, 0.1) is 0 Å². The van der Waals surface area contributed by atoms with Crippen LogP contribution in [0.5, 0.6) is 17.2 Å². The van der Waals surface area contributed by atoms with E-state index in [1.807, 2.05) is 0 Å². The van der Waals surface area contributed by atoms with E-state index in [1.54, 1.807) is 6.07 Å². The molecule has 0 fully saturated rings. The van der Waals surface area contributed by atoms with Crippen LogP contribution in [-0.2, 0) is 9.53 Å². The molecule has 166 valence electrons. The van der Waals surface area contributed by atoms with Gasteiger partial charge in [0.1, 0.15) is 5.75 Å². The Balaban J connectivity index is 2.33. The Morgan fingerprint density at radius 3 is 2.19 bits per heavy atom. The first-order valence-electron chi connectivity index (χ1n) is 8.53. The average Bonchev–Trinajstić information content (AvgIpc) is 2.72. The van der Waals surface area contributed by atoms with Crippen molar-refractivity contribution in [2.75, 3.05) is 19.5 Å². The zero-order valence-corrected chi connectivity index (χ0v) is 16.2. The van der Waals surface area contributed by atoms with Crippen molar-refractivity contribution in [3.63, 3.8) is 0 Å². The molecule has 31 heavy (non-hydrogen) atoms. The molecule has 11 heteroatoms. The van der Waals surface area contributed by atoms with E-state index in [2.05, 4.69) is 19.5 Å². The van der Waals surface area contributed by atoms with Crippen molar-refractivity contribution in [1.82, 2.24) is 0 Å². The monoisotopic (exact) mass is 443 g/mol. The SMILES string of the molecule is COC(=O)c1cc(OC)c(OC(F)F)cc1NC(=O)/C=C/c1ccccc1OC(F)F. The van der Waals surface area contributed by atoms with E-state index in [1.165, 1.54) is 31.4 Å². The largest absolute Gasteiger partial charge is 0.493 e. The van der Waals surface area contributed by atoms with Gasteiger partial charge in [0.05, 0.1) is 25.5 Å². The summed E-state index contributed by atoms with van der Waals surface area (Å²) in [6, 6.07) is 7.77. The number of carbonyl (C=O) groups excluding carboxylic acids is 2. The lowest BCUT2D eigenvalue weighted by Gasteiger charge is -2.15. The fourth-order valence-electron chi connectivity index (χ4n) is 2.45. The molecule has 0 atom stereocenters. The number of nitrogens with one attached hydrogen (secondary N) is 1. The lowest BCUT2D eigenvalue weighted by atomic mass is 10.1. The fourth-order valence-corrected chi connectivity index (χ4v) is 2.45. The quantitative estimate of drug-likeness (QED) is 0.353. The molecule has 0 heterocycles. The van der Waals surface area contributed by atoms with E-state index in [9.17, 15) is 27.2 Å². The highest BCUT2D eigenvalue weighted by Crippen LogP contribution is 2.35. The second-order valence-corrected chi connectivity index (χ2v) is 5.66. The highest BCUT2D eigenvalue weighted by molar-refractivity contribution is 6.07. The van der Waals surface area contributed by atoms with Crippen LogP contribution in [0.1, 0.15) is 15.9 Å². The van der Waals surface area contributed by atoms with Crippen LogP contribution in [0.3, 0.4) is 0 Å². The zero-order chi connectivity index (χ0) is 23.0. The lowest BCUT2D eigenvalue weighted by molar-refractivity contribution is -0.111. The highest BCUT2D eigenvalue weighted by atomic mass is 19.3. The Labute approximate surface area is 174 Å². The van der Waals surface area contributed by atoms with Crippen LogP contribution < -0.4 is 19.5 Å². The minimum Gasteiger partial charge on any atom is -0.493 e. The molecule has 1 N–H and O–H groups in total. The molecule has 0 aliphatic heterocycles. The van der Waals surface area contributed by atoms with Gasteiger partial charge < -0.3 is 24.3 Å². The maximum atomic E-state index is 12.7. The van der Waals surface area contributed by atoms with E-state index >= 15 is 0 Å². The molecule has 0 aliphatic carbocycles. The van der Waals surface area contributed by atoms with E-state index in [-0.39, 0.29) is 28.3 Å². The molecule has 0 aliphatic rings. The Morgan fingerprint density at radius 2 is 1.58 bits per heavy atom. The topological polar surface area (TPSA) is 83.1 Å². The summed E-state index contributed by atoms with van der Waals surface area (Å²) < 4.78 is 68.5. The number of halogens is 4. The van der Waals surface area contributed by atoms with Gasteiger partial charge in [-0.3, -0.25) is 4.79 Å². The van der Waals surface area contributed by atoms with E-state index in [0.717, 1.165) is 25.3 Å². The number of hydrogen-bond donors (Lipinski definition) is 1. The number of methoxy groups -OCH3 is 2. The van der Waals surface area contributed by atoms with Gasteiger partial charge in [-0.15, -0.1) is 0 Å². The van der Waals surface area contributed by atoms with Crippen molar-refractivity contribution in [3.05, 3.63) is 53.6 Å². The predicted octanol–water partition coefficient (Wildman–Crippen LogP) is 4.34. The summed E-state index contributed by atoms with van der Waals surface area (Å²) in [5.74, 6) is -2.46. The lowest BCUT2D eigenvalue weighted by Crippen LogP contribution is -2.14. The van der Waals surface area contributed by atoms with E-state index < -0.39 is 30.8 Å². The Bertz CT molecular complexity index is 965. The first-order valence-corrected chi connectivity index (χ1v) is 8.53. The van der Waals surface area contributed by atoms with Gasteiger partial charge in [0.2, 0.25) is 5.91 Å². The van der Waals surface area contributed by atoms with Gasteiger partial charge in [-0.1, -0.05) is 18.2 Å². The molecule has 0 bridgehead atoms. The summed E-state index contributed by atoms with van der Waals surface area (Å²) in [4.78, 5) is 24.3. The molecule has 0 aromatic heterocycles. The number of esters is 1. The molecule has 0 saturated heterocycles. The minimum absolute atomic E-state index is 0.158. The molecule has 1 amide bonds. The standard InChI is InChI=1S/C20H17F4NO6/c1-28-15-9-12(18(27)29-2)13(10-16(15)31-20(23)24)25-17(26)8-7-11-5-3-4-6-14(11)30-19(21)22/h3-10,19-20H,1-2H3,(H,25,26)/b8-7+. The fraction of sp³-hybridized carbons (Fsp3) is 0.200. The Morgan fingerprint density at radius 1 is 0.935 bits per heavy atom.